The molecule has 5 nitrogen and oxygen atoms in total. The fraction of sp³-hybridized carbons (Fsp3) is 0.192. The van der Waals surface area contributed by atoms with Gasteiger partial charge in [-0.15, -0.1) is 0 Å². The molecule has 0 bridgehead atoms. The van der Waals surface area contributed by atoms with E-state index in [-0.39, 0.29) is 4.90 Å². The Labute approximate surface area is 209 Å². The van der Waals surface area contributed by atoms with Gasteiger partial charge in [0.1, 0.15) is 11.4 Å². The Morgan fingerprint density at radius 2 is 1.65 bits per heavy atom. The highest BCUT2D eigenvalue weighted by atomic mass is 35.5. The Hall–Kier alpha value is -2.64. The van der Waals surface area contributed by atoms with Crippen LogP contribution in [0.25, 0.3) is 28.2 Å². The Morgan fingerprint density at radius 1 is 0.941 bits per heavy atom. The third-order valence-corrected chi connectivity index (χ3v) is 7.27. The van der Waals surface area contributed by atoms with Gasteiger partial charge in [-0.25, -0.2) is 13.4 Å². The molecule has 0 amide bonds. The molecule has 0 atom stereocenters. The van der Waals surface area contributed by atoms with Crippen molar-refractivity contribution >= 4 is 33.0 Å². The minimum Gasteiger partial charge on any atom is -0.384 e. The smallest absolute Gasteiger partial charge is 0.175 e. The van der Waals surface area contributed by atoms with E-state index in [0.717, 1.165) is 16.7 Å². The number of aryl methyl sites for hydroxylation is 1. The van der Waals surface area contributed by atoms with Crippen LogP contribution in [0.2, 0.25) is 10.0 Å². The Bertz CT molecular complexity index is 1480. The second-order valence-corrected chi connectivity index (χ2v) is 11.6. The number of halogens is 2. The molecule has 0 unspecified atom stereocenters. The van der Waals surface area contributed by atoms with Gasteiger partial charge in [-0.3, -0.25) is 4.57 Å². The van der Waals surface area contributed by atoms with E-state index in [1.165, 1.54) is 6.26 Å². The molecule has 176 valence electrons. The summed E-state index contributed by atoms with van der Waals surface area (Å²) in [5.41, 5.74) is 3.09. The number of hydrogen-bond donors (Lipinski definition) is 1. The molecule has 1 aromatic heterocycles. The average molecular weight is 515 g/mol. The summed E-state index contributed by atoms with van der Waals surface area (Å²) in [6.07, 6.45) is 2.94. The molecule has 0 aliphatic rings. The predicted octanol–water partition coefficient (Wildman–Crippen LogP) is 6.45. The maximum absolute atomic E-state index is 12.0. The van der Waals surface area contributed by atoms with Crippen molar-refractivity contribution in [2.45, 2.75) is 31.3 Å². The van der Waals surface area contributed by atoms with Crippen LogP contribution in [0, 0.1) is 6.92 Å². The lowest BCUT2D eigenvalue weighted by atomic mass is 10.0. The van der Waals surface area contributed by atoms with Crippen molar-refractivity contribution in [3.63, 3.8) is 0 Å². The SMILES string of the molecule is Cc1cc(-c2cccc(S(C)(=O)=O)c2)cc(Cl)c1-n1cc(C(C)(C)O)nc1-c1ccccc1Cl. The number of sulfone groups is 1. The molecule has 0 saturated carbocycles. The molecule has 0 aliphatic carbocycles. The molecule has 3 aromatic carbocycles. The van der Waals surface area contributed by atoms with Crippen molar-refractivity contribution < 1.29 is 13.5 Å². The molecule has 0 spiro atoms. The number of benzene rings is 3. The first-order chi connectivity index (χ1) is 15.9. The van der Waals surface area contributed by atoms with Crippen molar-refractivity contribution in [2.75, 3.05) is 6.26 Å². The summed E-state index contributed by atoms with van der Waals surface area (Å²) in [5.74, 6) is 0.555. The number of aromatic nitrogens is 2. The number of nitrogens with zero attached hydrogens (tertiary/aromatic N) is 2. The van der Waals surface area contributed by atoms with E-state index in [2.05, 4.69) is 0 Å². The Kier molecular flexibility index (Phi) is 6.38. The standard InChI is InChI=1S/C26H24Cl2N2O3S/c1-16-12-18(17-8-7-9-19(13-17)34(4,32)33)14-22(28)24(16)30-15-23(26(2,3)31)29-25(30)20-10-5-6-11-21(20)27/h5-15,31H,1-4H3. The van der Waals surface area contributed by atoms with Gasteiger partial charge in [0.05, 0.1) is 26.3 Å². The lowest BCUT2D eigenvalue weighted by Gasteiger charge is -2.16. The third kappa shape index (κ3) is 4.77. The van der Waals surface area contributed by atoms with E-state index in [9.17, 15) is 13.5 Å². The highest BCUT2D eigenvalue weighted by Gasteiger charge is 2.25. The van der Waals surface area contributed by atoms with E-state index in [1.54, 1.807) is 50.4 Å². The lowest BCUT2D eigenvalue weighted by Crippen LogP contribution is -2.15. The minimum absolute atomic E-state index is 0.244. The maximum atomic E-state index is 12.0. The molecule has 4 aromatic rings. The van der Waals surface area contributed by atoms with Crippen LogP contribution in [0.15, 0.2) is 71.8 Å². The van der Waals surface area contributed by atoms with Crippen molar-refractivity contribution in [3.05, 3.63) is 88.2 Å². The van der Waals surface area contributed by atoms with Gasteiger partial charge in [-0.05, 0) is 73.9 Å². The van der Waals surface area contributed by atoms with Crippen LogP contribution in [0.4, 0.5) is 0 Å². The Morgan fingerprint density at radius 3 is 2.26 bits per heavy atom. The first kappa shape index (κ1) is 24.5. The number of aliphatic hydroxyl groups is 1. The first-order valence-corrected chi connectivity index (χ1v) is 13.2. The molecule has 0 saturated heterocycles. The van der Waals surface area contributed by atoms with Gasteiger partial charge in [0.2, 0.25) is 0 Å². The predicted molar refractivity (Wildman–Crippen MR) is 138 cm³/mol. The summed E-state index contributed by atoms with van der Waals surface area (Å²) < 4.78 is 25.8. The minimum atomic E-state index is -3.34. The van der Waals surface area contributed by atoms with Crippen LogP contribution in [0.3, 0.4) is 0 Å². The summed E-state index contributed by atoms with van der Waals surface area (Å²) in [5, 5.41) is 11.6. The zero-order valence-corrected chi connectivity index (χ0v) is 21.5. The molecule has 1 N–H and O–H groups in total. The quantitative estimate of drug-likeness (QED) is 0.332. The van der Waals surface area contributed by atoms with Gasteiger partial charge >= 0.3 is 0 Å². The second-order valence-electron chi connectivity index (χ2n) is 8.78. The summed E-state index contributed by atoms with van der Waals surface area (Å²) in [7, 11) is -3.34. The number of imidazole rings is 1. The fourth-order valence-corrected chi connectivity index (χ4v) is 5.04. The highest BCUT2D eigenvalue weighted by Crippen LogP contribution is 2.37. The normalized spacial score (nSPS) is 12.2. The molecular formula is C26H24Cl2N2O3S. The first-order valence-electron chi connectivity index (χ1n) is 10.5. The maximum Gasteiger partial charge on any atom is 0.175 e. The van der Waals surface area contributed by atoms with Gasteiger partial charge in [0, 0.05) is 18.0 Å². The summed E-state index contributed by atoms with van der Waals surface area (Å²) in [4.78, 5) is 4.94. The van der Waals surface area contributed by atoms with Gasteiger partial charge in [-0.2, -0.15) is 0 Å². The van der Waals surface area contributed by atoms with E-state index < -0.39 is 15.4 Å². The van der Waals surface area contributed by atoms with E-state index in [1.807, 2.05) is 41.8 Å². The van der Waals surface area contributed by atoms with Crippen LogP contribution < -0.4 is 0 Å². The number of rotatable bonds is 5. The van der Waals surface area contributed by atoms with Gasteiger partial charge in [-0.1, -0.05) is 47.5 Å². The fourth-order valence-electron chi connectivity index (χ4n) is 3.79. The van der Waals surface area contributed by atoms with Crippen molar-refractivity contribution in [1.82, 2.24) is 9.55 Å². The molecule has 1 heterocycles. The molecule has 0 aliphatic heterocycles. The van der Waals surface area contributed by atoms with Crippen LogP contribution in [-0.2, 0) is 15.4 Å². The lowest BCUT2D eigenvalue weighted by molar-refractivity contribution is 0.0743. The van der Waals surface area contributed by atoms with E-state index in [4.69, 9.17) is 28.2 Å². The van der Waals surface area contributed by atoms with Gasteiger partial charge in [0.25, 0.3) is 0 Å². The van der Waals surface area contributed by atoms with Crippen molar-refractivity contribution in [3.8, 4) is 28.2 Å². The van der Waals surface area contributed by atoms with Crippen LogP contribution in [-0.4, -0.2) is 29.3 Å². The van der Waals surface area contributed by atoms with E-state index >= 15 is 0 Å². The van der Waals surface area contributed by atoms with Crippen molar-refractivity contribution in [2.24, 2.45) is 0 Å². The monoisotopic (exact) mass is 514 g/mol. The summed E-state index contributed by atoms with van der Waals surface area (Å²) >= 11 is 13.3. The number of hydrogen-bond acceptors (Lipinski definition) is 4. The second kappa shape index (κ2) is 8.86. The molecular weight excluding hydrogens is 491 g/mol. The summed E-state index contributed by atoms with van der Waals surface area (Å²) in [6.45, 7) is 5.26. The van der Waals surface area contributed by atoms with Gasteiger partial charge in [0.15, 0.2) is 9.84 Å². The molecule has 0 fully saturated rings. The summed E-state index contributed by atoms with van der Waals surface area (Å²) in [6, 6.07) is 17.9. The third-order valence-electron chi connectivity index (χ3n) is 5.54. The van der Waals surface area contributed by atoms with Gasteiger partial charge < -0.3 is 5.11 Å². The zero-order chi connectivity index (χ0) is 24.8. The molecule has 4 rings (SSSR count). The largest absolute Gasteiger partial charge is 0.384 e. The molecule has 34 heavy (non-hydrogen) atoms. The van der Waals surface area contributed by atoms with Crippen LogP contribution in [0.5, 0.6) is 0 Å². The topological polar surface area (TPSA) is 72.2 Å². The Balaban J connectivity index is 1.92. The average Bonchev–Trinajstić information content (AvgIpc) is 3.18. The van der Waals surface area contributed by atoms with Crippen molar-refractivity contribution in [1.29, 1.82) is 0 Å². The van der Waals surface area contributed by atoms with E-state index in [0.29, 0.717) is 32.8 Å². The zero-order valence-electron chi connectivity index (χ0n) is 19.2. The molecule has 8 heteroatoms. The van der Waals surface area contributed by atoms with Crippen LogP contribution in [0.1, 0.15) is 25.1 Å². The molecule has 0 radical (unpaired) electrons. The highest BCUT2D eigenvalue weighted by molar-refractivity contribution is 7.90. The van der Waals surface area contributed by atoms with Crippen LogP contribution >= 0.6 is 23.2 Å².